The van der Waals surface area contributed by atoms with Crippen LogP contribution in [0.5, 0.6) is 5.75 Å². The number of benzene rings is 1. The van der Waals surface area contributed by atoms with Crippen molar-refractivity contribution < 1.29 is 9.84 Å². The molecule has 0 bridgehead atoms. The van der Waals surface area contributed by atoms with E-state index in [1.807, 2.05) is 19.1 Å². The molecular formula is C10H14NO2. The van der Waals surface area contributed by atoms with Crippen molar-refractivity contribution in [1.29, 1.82) is 0 Å². The number of rotatable bonds is 4. The van der Waals surface area contributed by atoms with Crippen LogP contribution in [0.2, 0.25) is 0 Å². The Labute approximate surface area is 78.3 Å². The summed E-state index contributed by atoms with van der Waals surface area (Å²) in [6, 6.07) is 6.78. The molecule has 1 aromatic rings. The molecule has 1 aromatic carbocycles. The third kappa shape index (κ3) is 2.36. The van der Waals surface area contributed by atoms with E-state index in [1.165, 1.54) is 0 Å². The van der Waals surface area contributed by atoms with Gasteiger partial charge in [0.25, 0.3) is 0 Å². The lowest BCUT2D eigenvalue weighted by Crippen LogP contribution is -2.07. The Balaban J connectivity index is 2.85. The molecule has 0 aliphatic heterocycles. The van der Waals surface area contributed by atoms with Crippen LogP contribution in [0.1, 0.15) is 5.56 Å². The maximum absolute atomic E-state index is 8.64. The van der Waals surface area contributed by atoms with Gasteiger partial charge in [-0.3, -0.25) is 0 Å². The second-order valence-corrected chi connectivity index (χ2v) is 2.72. The van der Waals surface area contributed by atoms with Crippen molar-refractivity contribution in [2.45, 2.75) is 6.92 Å². The average molecular weight is 180 g/mol. The molecule has 71 valence electrons. The highest BCUT2D eigenvalue weighted by Crippen LogP contribution is 2.26. The Morgan fingerprint density at radius 2 is 2.38 bits per heavy atom. The third-order valence-corrected chi connectivity index (χ3v) is 1.76. The highest BCUT2D eigenvalue weighted by molar-refractivity contribution is 5.58. The Hall–Kier alpha value is -1.22. The SMILES string of the molecule is COc1c(NCCO)[c]ccc1C. The summed E-state index contributed by atoms with van der Waals surface area (Å²) >= 11 is 0. The van der Waals surface area contributed by atoms with Crippen molar-refractivity contribution in [2.24, 2.45) is 0 Å². The summed E-state index contributed by atoms with van der Waals surface area (Å²) in [5.41, 5.74) is 1.86. The normalized spacial score (nSPS) is 9.77. The molecular weight excluding hydrogens is 166 g/mol. The maximum atomic E-state index is 8.64. The van der Waals surface area contributed by atoms with Gasteiger partial charge in [-0.1, -0.05) is 12.1 Å². The molecule has 0 aliphatic rings. The predicted molar refractivity (Wildman–Crippen MR) is 52.1 cm³/mol. The van der Waals surface area contributed by atoms with Gasteiger partial charge in [0.1, 0.15) is 5.75 Å². The van der Waals surface area contributed by atoms with Gasteiger partial charge in [0.15, 0.2) is 0 Å². The van der Waals surface area contributed by atoms with E-state index in [1.54, 1.807) is 7.11 Å². The summed E-state index contributed by atoms with van der Waals surface area (Å²) < 4.78 is 5.20. The van der Waals surface area contributed by atoms with Crippen LogP contribution < -0.4 is 10.1 Å². The van der Waals surface area contributed by atoms with Gasteiger partial charge in [-0.25, -0.2) is 0 Å². The molecule has 0 heterocycles. The van der Waals surface area contributed by atoms with Gasteiger partial charge < -0.3 is 15.2 Å². The summed E-state index contributed by atoms with van der Waals surface area (Å²) in [7, 11) is 1.63. The monoisotopic (exact) mass is 180 g/mol. The number of aryl methyl sites for hydroxylation is 1. The maximum Gasteiger partial charge on any atom is 0.145 e. The van der Waals surface area contributed by atoms with Gasteiger partial charge in [-0.2, -0.15) is 0 Å². The number of aliphatic hydroxyl groups excluding tert-OH is 1. The van der Waals surface area contributed by atoms with E-state index in [9.17, 15) is 0 Å². The van der Waals surface area contributed by atoms with Crippen molar-refractivity contribution in [3.63, 3.8) is 0 Å². The molecule has 1 rings (SSSR count). The van der Waals surface area contributed by atoms with E-state index in [0.29, 0.717) is 6.54 Å². The first-order chi connectivity index (χ1) is 6.29. The van der Waals surface area contributed by atoms with Crippen molar-refractivity contribution in [3.05, 3.63) is 23.8 Å². The van der Waals surface area contributed by atoms with Crippen molar-refractivity contribution in [2.75, 3.05) is 25.6 Å². The number of methoxy groups -OCH3 is 1. The minimum atomic E-state index is 0.102. The zero-order chi connectivity index (χ0) is 9.68. The molecule has 0 aliphatic carbocycles. The van der Waals surface area contributed by atoms with Crippen LogP contribution in [-0.2, 0) is 0 Å². The highest BCUT2D eigenvalue weighted by Gasteiger charge is 2.04. The molecule has 0 fully saturated rings. The second-order valence-electron chi connectivity index (χ2n) is 2.72. The average Bonchev–Trinajstić information content (AvgIpc) is 2.15. The molecule has 0 spiro atoms. The summed E-state index contributed by atoms with van der Waals surface area (Å²) in [6.45, 7) is 2.58. The van der Waals surface area contributed by atoms with Gasteiger partial charge in [-0.15, -0.1) is 0 Å². The van der Waals surface area contributed by atoms with Gasteiger partial charge in [-0.05, 0) is 12.5 Å². The Kier molecular flexibility index (Phi) is 3.58. The second kappa shape index (κ2) is 4.72. The van der Waals surface area contributed by atoms with E-state index < -0.39 is 0 Å². The summed E-state index contributed by atoms with van der Waals surface area (Å²) in [5, 5.41) is 11.7. The quantitative estimate of drug-likeness (QED) is 0.731. The smallest absolute Gasteiger partial charge is 0.145 e. The molecule has 0 amide bonds. The lowest BCUT2D eigenvalue weighted by atomic mass is 10.2. The fourth-order valence-electron chi connectivity index (χ4n) is 1.16. The van der Waals surface area contributed by atoms with E-state index in [2.05, 4.69) is 11.4 Å². The molecule has 0 saturated heterocycles. The van der Waals surface area contributed by atoms with Gasteiger partial charge in [0.05, 0.1) is 19.4 Å². The van der Waals surface area contributed by atoms with E-state index in [4.69, 9.17) is 9.84 Å². The highest BCUT2D eigenvalue weighted by atomic mass is 16.5. The Morgan fingerprint density at radius 3 is 3.00 bits per heavy atom. The van der Waals surface area contributed by atoms with Crippen molar-refractivity contribution in [1.82, 2.24) is 0 Å². The molecule has 0 saturated carbocycles. The number of hydrogen-bond acceptors (Lipinski definition) is 3. The van der Waals surface area contributed by atoms with Crippen molar-refractivity contribution >= 4 is 5.69 Å². The van der Waals surface area contributed by atoms with Crippen LogP contribution in [0.4, 0.5) is 5.69 Å². The Bertz CT molecular complexity index is 274. The van der Waals surface area contributed by atoms with Crippen LogP contribution in [0.25, 0.3) is 0 Å². The largest absolute Gasteiger partial charge is 0.494 e. The molecule has 3 nitrogen and oxygen atoms in total. The van der Waals surface area contributed by atoms with E-state index in [-0.39, 0.29) is 6.61 Å². The van der Waals surface area contributed by atoms with E-state index >= 15 is 0 Å². The minimum Gasteiger partial charge on any atom is -0.494 e. The molecule has 0 aromatic heterocycles. The first-order valence-corrected chi connectivity index (χ1v) is 4.19. The number of ether oxygens (including phenoxy) is 1. The zero-order valence-electron chi connectivity index (χ0n) is 7.92. The molecule has 1 radical (unpaired) electrons. The Morgan fingerprint density at radius 1 is 1.62 bits per heavy atom. The van der Waals surface area contributed by atoms with Crippen LogP contribution in [0.15, 0.2) is 12.1 Å². The van der Waals surface area contributed by atoms with Crippen molar-refractivity contribution in [3.8, 4) is 5.75 Å². The molecule has 3 heteroatoms. The lowest BCUT2D eigenvalue weighted by Gasteiger charge is -2.11. The fraction of sp³-hybridized carbons (Fsp3) is 0.400. The fourth-order valence-corrected chi connectivity index (χ4v) is 1.16. The zero-order valence-corrected chi connectivity index (χ0v) is 7.92. The molecule has 0 unspecified atom stereocenters. The van der Waals surface area contributed by atoms with Crippen LogP contribution >= 0.6 is 0 Å². The van der Waals surface area contributed by atoms with Crippen LogP contribution in [0, 0.1) is 13.0 Å². The third-order valence-electron chi connectivity index (χ3n) is 1.76. The lowest BCUT2D eigenvalue weighted by molar-refractivity contribution is 0.311. The molecule has 13 heavy (non-hydrogen) atoms. The summed E-state index contributed by atoms with van der Waals surface area (Å²) in [6.07, 6.45) is 0. The summed E-state index contributed by atoms with van der Waals surface area (Å²) in [5.74, 6) is 0.788. The number of aliphatic hydroxyl groups is 1. The van der Waals surface area contributed by atoms with Crippen LogP contribution in [0.3, 0.4) is 0 Å². The molecule has 2 N–H and O–H groups in total. The standard InChI is InChI=1S/C10H14NO2/c1-8-4-3-5-9(10(8)13-2)11-6-7-12/h3-4,11-12H,6-7H2,1-2H3. The number of hydrogen-bond donors (Lipinski definition) is 2. The van der Waals surface area contributed by atoms with E-state index in [0.717, 1.165) is 17.0 Å². The first-order valence-electron chi connectivity index (χ1n) is 4.19. The number of nitrogens with one attached hydrogen (secondary N) is 1. The molecule has 0 atom stereocenters. The van der Waals surface area contributed by atoms with Gasteiger partial charge in [0.2, 0.25) is 0 Å². The predicted octanol–water partition coefficient (Wildman–Crippen LogP) is 1.21. The van der Waals surface area contributed by atoms with Gasteiger partial charge in [0, 0.05) is 12.6 Å². The topological polar surface area (TPSA) is 41.5 Å². The van der Waals surface area contributed by atoms with Gasteiger partial charge >= 0.3 is 0 Å². The summed E-state index contributed by atoms with van der Waals surface area (Å²) in [4.78, 5) is 0. The minimum absolute atomic E-state index is 0.102. The van der Waals surface area contributed by atoms with Crippen LogP contribution in [-0.4, -0.2) is 25.4 Å². The number of anilines is 1. The first kappa shape index (κ1) is 9.86.